The van der Waals surface area contributed by atoms with Crippen molar-refractivity contribution in [3.05, 3.63) is 36.5 Å². The Morgan fingerprint density at radius 3 is 2.54 bits per heavy atom. The fourth-order valence-electron chi connectivity index (χ4n) is 2.62. The summed E-state index contributed by atoms with van der Waals surface area (Å²) < 4.78 is 10.5. The number of carbonyl (C=O) groups is 3. The number of rotatable bonds is 7. The van der Waals surface area contributed by atoms with Gasteiger partial charge in [0, 0.05) is 19.6 Å². The SMILES string of the molecule is C=C/C(=C\C=C/C)COC(=O)NCC1(C(N)=O)CCN(C(=O)OC(C)(C)C)C1. The van der Waals surface area contributed by atoms with E-state index in [4.69, 9.17) is 15.2 Å². The molecule has 1 unspecified atom stereocenters. The summed E-state index contributed by atoms with van der Waals surface area (Å²) >= 11 is 0. The Morgan fingerprint density at radius 2 is 2.00 bits per heavy atom. The van der Waals surface area contributed by atoms with Crippen LogP contribution < -0.4 is 11.1 Å². The van der Waals surface area contributed by atoms with E-state index < -0.39 is 29.1 Å². The zero-order valence-corrected chi connectivity index (χ0v) is 17.1. The summed E-state index contributed by atoms with van der Waals surface area (Å²) in [5.74, 6) is -0.585. The maximum atomic E-state index is 12.2. The van der Waals surface area contributed by atoms with Crippen molar-refractivity contribution in [3.8, 4) is 0 Å². The van der Waals surface area contributed by atoms with Crippen molar-refractivity contribution in [2.45, 2.75) is 39.7 Å². The lowest BCUT2D eigenvalue weighted by atomic mass is 9.86. The summed E-state index contributed by atoms with van der Waals surface area (Å²) in [5, 5.41) is 2.57. The molecule has 3 amide bonds. The highest BCUT2D eigenvalue weighted by Crippen LogP contribution is 2.30. The lowest BCUT2D eigenvalue weighted by Gasteiger charge is -2.27. The zero-order valence-electron chi connectivity index (χ0n) is 17.1. The molecule has 1 rings (SSSR count). The second-order valence-corrected chi connectivity index (χ2v) is 7.70. The Hall–Kier alpha value is -2.77. The van der Waals surface area contributed by atoms with Crippen molar-refractivity contribution in [2.24, 2.45) is 11.1 Å². The minimum Gasteiger partial charge on any atom is -0.445 e. The molecule has 0 aliphatic carbocycles. The van der Waals surface area contributed by atoms with E-state index in [0.29, 0.717) is 13.0 Å². The number of nitrogens with two attached hydrogens (primary N) is 1. The van der Waals surface area contributed by atoms with Crippen LogP contribution in [-0.4, -0.2) is 54.8 Å². The summed E-state index contributed by atoms with van der Waals surface area (Å²) in [6.07, 6.45) is 6.17. The molecular weight excluding hydrogens is 362 g/mol. The lowest BCUT2D eigenvalue weighted by molar-refractivity contribution is -0.126. The fourth-order valence-corrected chi connectivity index (χ4v) is 2.62. The third-order valence-electron chi connectivity index (χ3n) is 4.23. The van der Waals surface area contributed by atoms with Crippen LogP contribution in [0.4, 0.5) is 9.59 Å². The molecule has 1 saturated heterocycles. The molecule has 0 aromatic carbocycles. The quantitative estimate of drug-likeness (QED) is 0.646. The third-order valence-corrected chi connectivity index (χ3v) is 4.23. The maximum absolute atomic E-state index is 12.2. The first kappa shape index (κ1) is 23.3. The molecular formula is C20H31N3O5. The molecule has 0 aromatic heterocycles. The highest BCUT2D eigenvalue weighted by atomic mass is 16.6. The molecule has 1 atom stereocenters. The molecule has 3 N–H and O–H groups in total. The van der Waals surface area contributed by atoms with Crippen LogP contribution in [0.15, 0.2) is 36.5 Å². The number of hydrogen-bond donors (Lipinski definition) is 2. The number of amides is 3. The number of nitrogens with zero attached hydrogens (tertiary/aromatic N) is 1. The first-order chi connectivity index (χ1) is 13.0. The van der Waals surface area contributed by atoms with E-state index in [1.54, 1.807) is 32.9 Å². The predicted octanol–water partition coefficient (Wildman–Crippen LogP) is 2.51. The zero-order chi connectivity index (χ0) is 21.4. The molecule has 0 spiro atoms. The van der Waals surface area contributed by atoms with Gasteiger partial charge in [-0.2, -0.15) is 0 Å². The topological polar surface area (TPSA) is 111 Å². The molecule has 0 aromatic rings. The standard InChI is InChI=1S/C20H31N3O5/c1-6-8-9-15(7-2)12-27-17(25)22-13-20(16(21)24)10-11-23(14-20)18(26)28-19(3,4)5/h6-9H,2,10-14H2,1,3-5H3,(H2,21,24)(H,22,25)/b8-6-,15-9+. The molecule has 28 heavy (non-hydrogen) atoms. The van der Waals surface area contributed by atoms with Crippen LogP contribution in [-0.2, 0) is 14.3 Å². The fraction of sp³-hybridized carbons (Fsp3) is 0.550. The average Bonchev–Trinajstić information content (AvgIpc) is 3.05. The van der Waals surface area contributed by atoms with Crippen LogP contribution in [0, 0.1) is 5.41 Å². The van der Waals surface area contributed by atoms with E-state index in [0.717, 1.165) is 5.57 Å². The van der Waals surface area contributed by atoms with Gasteiger partial charge in [-0.15, -0.1) is 0 Å². The van der Waals surface area contributed by atoms with Crippen LogP contribution in [0.5, 0.6) is 0 Å². The second-order valence-electron chi connectivity index (χ2n) is 7.70. The van der Waals surface area contributed by atoms with E-state index in [2.05, 4.69) is 11.9 Å². The Morgan fingerprint density at radius 1 is 1.32 bits per heavy atom. The molecule has 0 saturated carbocycles. The van der Waals surface area contributed by atoms with Gasteiger partial charge in [0.2, 0.25) is 5.91 Å². The predicted molar refractivity (Wildman–Crippen MR) is 106 cm³/mol. The molecule has 8 heteroatoms. The van der Waals surface area contributed by atoms with E-state index in [9.17, 15) is 14.4 Å². The van der Waals surface area contributed by atoms with Gasteiger partial charge in [0.15, 0.2) is 0 Å². The number of ether oxygens (including phenoxy) is 2. The molecule has 0 bridgehead atoms. The van der Waals surface area contributed by atoms with Gasteiger partial charge in [-0.1, -0.05) is 30.9 Å². The average molecular weight is 393 g/mol. The summed E-state index contributed by atoms with van der Waals surface area (Å²) in [6.45, 7) is 11.3. The third kappa shape index (κ3) is 7.09. The molecule has 1 heterocycles. The van der Waals surface area contributed by atoms with Gasteiger partial charge in [-0.05, 0) is 39.7 Å². The number of alkyl carbamates (subject to hydrolysis) is 1. The Bertz CT molecular complexity index is 663. The van der Waals surface area contributed by atoms with Crippen molar-refractivity contribution in [3.63, 3.8) is 0 Å². The molecule has 8 nitrogen and oxygen atoms in total. The summed E-state index contributed by atoms with van der Waals surface area (Å²) in [7, 11) is 0. The molecule has 1 aliphatic rings. The maximum Gasteiger partial charge on any atom is 0.410 e. The van der Waals surface area contributed by atoms with Gasteiger partial charge >= 0.3 is 12.2 Å². The molecule has 0 radical (unpaired) electrons. The van der Waals surface area contributed by atoms with Crippen LogP contribution in [0.3, 0.4) is 0 Å². The number of likely N-dealkylation sites (tertiary alicyclic amines) is 1. The summed E-state index contributed by atoms with van der Waals surface area (Å²) in [4.78, 5) is 37.7. The van der Waals surface area contributed by atoms with Crippen molar-refractivity contribution in [1.29, 1.82) is 0 Å². The van der Waals surface area contributed by atoms with Crippen molar-refractivity contribution in [1.82, 2.24) is 10.2 Å². The Kier molecular flexibility index (Phi) is 8.28. The van der Waals surface area contributed by atoms with Gasteiger partial charge in [0.25, 0.3) is 0 Å². The monoisotopic (exact) mass is 393 g/mol. The minimum absolute atomic E-state index is 0.0253. The Labute approximate surface area is 166 Å². The highest BCUT2D eigenvalue weighted by molar-refractivity contribution is 5.84. The van der Waals surface area contributed by atoms with Crippen LogP contribution in [0.2, 0.25) is 0 Å². The van der Waals surface area contributed by atoms with Gasteiger partial charge in [-0.25, -0.2) is 9.59 Å². The van der Waals surface area contributed by atoms with Crippen LogP contribution in [0.1, 0.15) is 34.1 Å². The number of primary amides is 1. The van der Waals surface area contributed by atoms with Gasteiger partial charge < -0.3 is 25.4 Å². The number of hydrogen-bond acceptors (Lipinski definition) is 5. The molecule has 1 aliphatic heterocycles. The summed E-state index contributed by atoms with van der Waals surface area (Å²) in [5.41, 5.74) is 4.60. The highest BCUT2D eigenvalue weighted by Gasteiger charge is 2.46. The van der Waals surface area contributed by atoms with E-state index in [1.165, 1.54) is 4.90 Å². The van der Waals surface area contributed by atoms with E-state index in [-0.39, 0.29) is 19.7 Å². The largest absolute Gasteiger partial charge is 0.445 e. The minimum atomic E-state index is -1.06. The smallest absolute Gasteiger partial charge is 0.410 e. The van der Waals surface area contributed by atoms with Gasteiger partial charge in [-0.3, -0.25) is 4.79 Å². The number of carbonyl (C=O) groups excluding carboxylic acids is 3. The van der Waals surface area contributed by atoms with Crippen molar-refractivity contribution >= 4 is 18.1 Å². The van der Waals surface area contributed by atoms with Crippen LogP contribution in [0.25, 0.3) is 0 Å². The van der Waals surface area contributed by atoms with Gasteiger partial charge in [0.1, 0.15) is 12.2 Å². The van der Waals surface area contributed by atoms with Crippen molar-refractivity contribution < 1.29 is 23.9 Å². The number of allylic oxidation sites excluding steroid dienone is 3. The molecule has 1 fully saturated rings. The van der Waals surface area contributed by atoms with Crippen molar-refractivity contribution in [2.75, 3.05) is 26.2 Å². The second kappa shape index (κ2) is 9.96. The first-order valence-corrected chi connectivity index (χ1v) is 9.16. The van der Waals surface area contributed by atoms with E-state index in [1.807, 2.05) is 19.1 Å². The lowest BCUT2D eigenvalue weighted by Crippen LogP contribution is -2.49. The number of nitrogens with one attached hydrogen (secondary N) is 1. The van der Waals surface area contributed by atoms with E-state index >= 15 is 0 Å². The summed E-state index contributed by atoms with van der Waals surface area (Å²) in [6, 6.07) is 0. The van der Waals surface area contributed by atoms with Gasteiger partial charge in [0.05, 0.1) is 5.41 Å². The first-order valence-electron chi connectivity index (χ1n) is 9.16. The Balaban J connectivity index is 2.64. The van der Waals surface area contributed by atoms with Crippen LogP contribution >= 0.6 is 0 Å². The molecule has 156 valence electrons. The normalized spacial score (nSPS) is 20.1.